The molecule has 0 atom stereocenters. The van der Waals surface area contributed by atoms with E-state index in [-0.39, 0.29) is 5.56 Å². The van der Waals surface area contributed by atoms with Crippen molar-refractivity contribution in [3.8, 4) is 11.4 Å². The molecule has 0 bridgehead atoms. The molecule has 0 aliphatic heterocycles. The molecule has 0 saturated heterocycles. The normalized spacial score (nSPS) is 11.1. The summed E-state index contributed by atoms with van der Waals surface area (Å²) in [5.74, 6) is 1.23. The highest BCUT2D eigenvalue weighted by molar-refractivity contribution is 7.08. The first-order valence-electron chi connectivity index (χ1n) is 5.98. The van der Waals surface area contributed by atoms with Gasteiger partial charge in [0.05, 0.1) is 5.69 Å². The van der Waals surface area contributed by atoms with Crippen molar-refractivity contribution < 1.29 is 0 Å². The lowest BCUT2D eigenvalue weighted by atomic mass is 10.2. The quantitative estimate of drug-likeness (QED) is 0.870. The standard InChI is InChI=1S/C13H17N3OS/c1-9(2)6-14-7-11-5-12(17)16-13(15-11)10-3-4-18-8-10/h3-5,8-9,14H,6-7H2,1-2H3,(H,15,16,17). The summed E-state index contributed by atoms with van der Waals surface area (Å²) in [7, 11) is 0. The van der Waals surface area contributed by atoms with Gasteiger partial charge in [0.1, 0.15) is 5.82 Å². The molecule has 18 heavy (non-hydrogen) atoms. The summed E-state index contributed by atoms with van der Waals surface area (Å²) >= 11 is 1.59. The highest BCUT2D eigenvalue weighted by Crippen LogP contribution is 2.16. The second kappa shape index (κ2) is 5.93. The molecule has 2 rings (SSSR count). The monoisotopic (exact) mass is 263 g/mol. The van der Waals surface area contributed by atoms with Crippen LogP contribution < -0.4 is 10.9 Å². The van der Waals surface area contributed by atoms with Gasteiger partial charge in [0.15, 0.2) is 0 Å². The Morgan fingerprint density at radius 2 is 2.33 bits per heavy atom. The average Bonchev–Trinajstić information content (AvgIpc) is 2.81. The SMILES string of the molecule is CC(C)CNCc1cc(=O)[nH]c(-c2ccsc2)n1. The van der Waals surface area contributed by atoms with E-state index in [1.807, 2.05) is 16.8 Å². The molecule has 0 spiro atoms. The predicted octanol–water partition coefficient (Wildman–Crippen LogP) is 2.24. The summed E-state index contributed by atoms with van der Waals surface area (Å²) in [6.07, 6.45) is 0. The Kier molecular flexibility index (Phi) is 4.28. The van der Waals surface area contributed by atoms with Crippen LogP contribution in [-0.2, 0) is 6.54 Å². The van der Waals surface area contributed by atoms with Crippen LogP contribution in [0.25, 0.3) is 11.4 Å². The van der Waals surface area contributed by atoms with E-state index in [1.165, 1.54) is 0 Å². The summed E-state index contributed by atoms with van der Waals surface area (Å²) in [6.45, 7) is 5.84. The summed E-state index contributed by atoms with van der Waals surface area (Å²) < 4.78 is 0. The number of aromatic nitrogens is 2. The zero-order chi connectivity index (χ0) is 13.0. The molecule has 96 valence electrons. The molecule has 0 radical (unpaired) electrons. The second-order valence-electron chi connectivity index (χ2n) is 4.62. The third-order valence-corrected chi connectivity index (χ3v) is 3.13. The highest BCUT2D eigenvalue weighted by atomic mass is 32.1. The van der Waals surface area contributed by atoms with Gasteiger partial charge >= 0.3 is 0 Å². The Hall–Kier alpha value is -1.46. The molecule has 0 saturated carbocycles. The zero-order valence-corrected chi connectivity index (χ0v) is 11.4. The molecule has 0 amide bonds. The van der Waals surface area contributed by atoms with Crippen molar-refractivity contribution in [2.24, 2.45) is 5.92 Å². The van der Waals surface area contributed by atoms with E-state index in [9.17, 15) is 4.79 Å². The molecule has 2 heterocycles. The predicted molar refractivity (Wildman–Crippen MR) is 74.7 cm³/mol. The maximum atomic E-state index is 11.6. The Labute approximate surface area is 110 Å². The molecule has 0 aliphatic rings. The number of nitrogens with one attached hydrogen (secondary N) is 2. The minimum atomic E-state index is -0.104. The topological polar surface area (TPSA) is 57.8 Å². The first kappa shape index (κ1) is 13.0. The van der Waals surface area contributed by atoms with Crippen LogP contribution in [0.4, 0.5) is 0 Å². The Bertz CT molecular complexity index is 546. The lowest BCUT2D eigenvalue weighted by Gasteiger charge is -2.07. The molecule has 0 aromatic carbocycles. The fourth-order valence-electron chi connectivity index (χ4n) is 1.62. The van der Waals surface area contributed by atoms with E-state index in [0.717, 1.165) is 17.8 Å². The maximum Gasteiger partial charge on any atom is 0.251 e. The van der Waals surface area contributed by atoms with Crippen molar-refractivity contribution >= 4 is 11.3 Å². The molecule has 2 aromatic rings. The first-order chi connectivity index (χ1) is 8.65. The number of aromatic amines is 1. The van der Waals surface area contributed by atoms with Gasteiger partial charge in [-0.15, -0.1) is 0 Å². The van der Waals surface area contributed by atoms with Gasteiger partial charge in [-0.1, -0.05) is 13.8 Å². The van der Waals surface area contributed by atoms with Gasteiger partial charge in [0.2, 0.25) is 0 Å². The minimum Gasteiger partial charge on any atom is -0.311 e. The van der Waals surface area contributed by atoms with Gasteiger partial charge in [-0.25, -0.2) is 4.98 Å². The van der Waals surface area contributed by atoms with Crippen LogP contribution in [0, 0.1) is 5.92 Å². The number of hydrogen-bond donors (Lipinski definition) is 2. The number of rotatable bonds is 5. The van der Waals surface area contributed by atoms with Crippen LogP contribution >= 0.6 is 11.3 Å². The lowest BCUT2D eigenvalue weighted by molar-refractivity contribution is 0.548. The number of nitrogens with zero attached hydrogens (tertiary/aromatic N) is 1. The van der Waals surface area contributed by atoms with Crippen molar-refractivity contribution in [1.82, 2.24) is 15.3 Å². The van der Waals surface area contributed by atoms with Crippen LogP contribution in [0.15, 0.2) is 27.7 Å². The molecular formula is C13H17N3OS. The molecule has 2 N–H and O–H groups in total. The Morgan fingerprint density at radius 3 is 3.00 bits per heavy atom. The number of H-pyrrole nitrogens is 1. The third-order valence-electron chi connectivity index (χ3n) is 2.45. The molecule has 5 heteroatoms. The minimum absolute atomic E-state index is 0.104. The van der Waals surface area contributed by atoms with Crippen molar-refractivity contribution in [2.75, 3.05) is 6.54 Å². The van der Waals surface area contributed by atoms with E-state index in [1.54, 1.807) is 17.4 Å². The van der Waals surface area contributed by atoms with E-state index < -0.39 is 0 Å². The summed E-state index contributed by atoms with van der Waals surface area (Å²) in [5.41, 5.74) is 1.64. The fourth-order valence-corrected chi connectivity index (χ4v) is 2.26. The van der Waals surface area contributed by atoms with Crippen LogP contribution in [0.2, 0.25) is 0 Å². The van der Waals surface area contributed by atoms with E-state index in [4.69, 9.17) is 0 Å². The molecule has 2 aromatic heterocycles. The molecule has 0 aliphatic carbocycles. The first-order valence-corrected chi connectivity index (χ1v) is 6.93. The van der Waals surface area contributed by atoms with E-state index in [2.05, 4.69) is 29.1 Å². The van der Waals surface area contributed by atoms with Crippen LogP contribution in [-0.4, -0.2) is 16.5 Å². The number of hydrogen-bond acceptors (Lipinski definition) is 4. The highest BCUT2D eigenvalue weighted by Gasteiger charge is 2.04. The average molecular weight is 263 g/mol. The van der Waals surface area contributed by atoms with E-state index >= 15 is 0 Å². The van der Waals surface area contributed by atoms with Gasteiger partial charge in [0.25, 0.3) is 5.56 Å². The van der Waals surface area contributed by atoms with Crippen molar-refractivity contribution in [1.29, 1.82) is 0 Å². The van der Waals surface area contributed by atoms with Crippen molar-refractivity contribution in [2.45, 2.75) is 20.4 Å². The lowest BCUT2D eigenvalue weighted by Crippen LogP contribution is -2.21. The summed E-state index contributed by atoms with van der Waals surface area (Å²) in [6, 6.07) is 3.50. The van der Waals surface area contributed by atoms with Crippen molar-refractivity contribution in [3.63, 3.8) is 0 Å². The third kappa shape index (κ3) is 3.51. The zero-order valence-electron chi connectivity index (χ0n) is 10.6. The van der Waals surface area contributed by atoms with Gasteiger partial charge in [-0.2, -0.15) is 11.3 Å². The van der Waals surface area contributed by atoms with Gasteiger partial charge in [-0.05, 0) is 23.9 Å². The molecule has 4 nitrogen and oxygen atoms in total. The molecular weight excluding hydrogens is 246 g/mol. The van der Waals surface area contributed by atoms with Gasteiger partial charge < -0.3 is 10.3 Å². The van der Waals surface area contributed by atoms with Gasteiger partial charge in [-0.3, -0.25) is 4.79 Å². The smallest absolute Gasteiger partial charge is 0.251 e. The van der Waals surface area contributed by atoms with Crippen LogP contribution in [0.3, 0.4) is 0 Å². The van der Waals surface area contributed by atoms with Crippen LogP contribution in [0.1, 0.15) is 19.5 Å². The van der Waals surface area contributed by atoms with Crippen molar-refractivity contribution in [3.05, 3.63) is 38.9 Å². The van der Waals surface area contributed by atoms with E-state index in [0.29, 0.717) is 18.3 Å². The summed E-state index contributed by atoms with van der Waals surface area (Å²) in [4.78, 5) is 18.8. The van der Waals surface area contributed by atoms with Gasteiger partial charge in [0, 0.05) is 23.6 Å². The number of thiophene rings is 1. The fraction of sp³-hybridized carbons (Fsp3) is 0.385. The molecule has 0 unspecified atom stereocenters. The maximum absolute atomic E-state index is 11.6. The molecule has 0 fully saturated rings. The Balaban J connectivity index is 2.14. The van der Waals surface area contributed by atoms with Crippen LogP contribution in [0.5, 0.6) is 0 Å². The second-order valence-corrected chi connectivity index (χ2v) is 5.40. The Morgan fingerprint density at radius 1 is 1.50 bits per heavy atom. The largest absolute Gasteiger partial charge is 0.311 e. The summed E-state index contributed by atoms with van der Waals surface area (Å²) in [5, 5.41) is 7.24.